The highest BCUT2D eigenvalue weighted by Crippen LogP contribution is 2.37. The Balaban J connectivity index is 0.000000197. The van der Waals surface area contributed by atoms with Gasteiger partial charge in [0.25, 0.3) is 0 Å². The first-order chi connectivity index (χ1) is 17.8. The van der Waals surface area contributed by atoms with Crippen molar-refractivity contribution in [1.29, 1.82) is 0 Å². The number of rotatable bonds is 6. The summed E-state index contributed by atoms with van der Waals surface area (Å²) in [5.41, 5.74) is 3.54. The number of anilines is 1. The third kappa shape index (κ3) is 5.17. The molecule has 10 nitrogen and oxygen atoms in total. The lowest BCUT2D eigenvalue weighted by molar-refractivity contribution is -0.136. The van der Waals surface area contributed by atoms with E-state index in [-0.39, 0.29) is 17.7 Å². The second kappa shape index (κ2) is 10.5. The molecular formula is C27H20N2O8. The topological polar surface area (TPSA) is 155 Å². The third-order valence-corrected chi connectivity index (χ3v) is 5.46. The normalized spacial score (nSPS) is 10.5. The van der Waals surface area contributed by atoms with Gasteiger partial charge < -0.3 is 29.8 Å². The fraction of sp³-hybridized carbons (Fsp3) is 0.0370. The Bertz CT molecular complexity index is 1590. The number of carbonyl (C=O) groups excluding carboxylic acids is 1. The van der Waals surface area contributed by atoms with Gasteiger partial charge in [0.05, 0.1) is 11.0 Å². The fourth-order valence-corrected chi connectivity index (χ4v) is 4.04. The van der Waals surface area contributed by atoms with Crippen LogP contribution in [0.4, 0.5) is 10.5 Å². The number of benzene rings is 2. The molecule has 2 aromatic carbocycles. The molecule has 0 unspecified atom stereocenters. The van der Waals surface area contributed by atoms with Gasteiger partial charge in [0.2, 0.25) is 0 Å². The highest BCUT2D eigenvalue weighted by molar-refractivity contribution is 6.16. The zero-order chi connectivity index (χ0) is 26.5. The molecule has 0 fully saturated rings. The number of nitrogens with one attached hydrogen (secondary N) is 1. The van der Waals surface area contributed by atoms with Crippen LogP contribution in [0, 0.1) is 0 Å². The second-order valence-electron chi connectivity index (χ2n) is 7.76. The van der Waals surface area contributed by atoms with Crippen LogP contribution in [0.1, 0.15) is 20.7 Å². The first-order valence-corrected chi connectivity index (χ1v) is 10.9. The molecule has 0 aliphatic carbocycles. The van der Waals surface area contributed by atoms with Gasteiger partial charge in [-0.05, 0) is 35.9 Å². The Morgan fingerprint density at radius 3 is 1.97 bits per heavy atom. The number of aromatic nitrogens is 1. The van der Waals surface area contributed by atoms with Crippen LogP contribution in [0.5, 0.6) is 0 Å². The van der Waals surface area contributed by atoms with Crippen molar-refractivity contribution in [3.05, 3.63) is 96.1 Å². The quantitative estimate of drug-likeness (QED) is 0.188. The molecule has 3 heterocycles. The second-order valence-corrected chi connectivity index (χ2v) is 7.76. The first kappa shape index (κ1) is 24.7. The summed E-state index contributed by atoms with van der Waals surface area (Å²) in [4.78, 5) is 44.1. The van der Waals surface area contributed by atoms with Crippen molar-refractivity contribution in [3.63, 3.8) is 0 Å². The van der Waals surface area contributed by atoms with E-state index in [1.807, 2.05) is 48.5 Å². The number of para-hydroxylation sites is 1. The summed E-state index contributed by atoms with van der Waals surface area (Å²) in [6.07, 6.45) is -1.59. The SMILES string of the molecule is O=C(O)OC(=O)CNc1ccccc1.O=C(O)c1c(C(=O)O)c2c(-c3ccccc3)cc3cccc1n32. The molecular weight excluding hydrogens is 480 g/mol. The van der Waals surface area contributed by atoms with Gasteiger partial charge >= 0.3 is 24.1 Å². The van der Waals surface area contributed by atoms with E-state index in [1.54, 1.807) is 40.8 Å². The average Bonchev–Trinajstić information content (AvgIpc) is 3.44. The maximum Gasteiger partial charge on any atom is 0.513 e. The predicted molar refractivity (Wildman–Crippen MR) is 134 cm³/mol. The standard InChI is InChI=1S/C18H11NO4.C9H9NO4/c20-17(21)14-13-8-4-7-11-9-12(10-5-2-1-3-6-10)16(19(11)13)15(14)18(22)23;11-8(14-9(12)13)6-10-7-4-2-1-3-5-7/h1-9H,(H,20,21)(H,22,23);1-5,10H,6H2,(H,12,13). The van der Waals surface area contributed by atoms with Gasteiger partial charge in [-0.25, -0.2) is 19.2 Å². The molecule has 0 aliphatic heterocycles. The molecule has 0 radical (unpaired) electrons. The van der Waals surface area contributed by atoms with Gasteiger partial charge in [0, 0.05) is 16.8 Å². The number of hydrogen-bond acceptors (Lipinski definition) is 6. The van der Waals surface area contributed by atoms with E-state index < -0.39 is 24.1 Å². The molecule has 5 rings (SSSR count). The number of hydrogen-bond donors (Lipinski definition) is 4. The number of carboxylic acids is 2. The molecule has 10 heteroatoms. The Morgan fingerprint density at radius 1 is 0.757 bits per heavy atom. The average molecular weight is 500 g/mol. The van der Waals surface area contributed by atoms with Gasteiger partial charge in [-0.15, -0.1) is 0 Å². The molecule has 0 bridgehead atoms. The summed E-state index contributed by atoms with van der Waals surface area (Å²) in [6, 6.07) is 25.4. The first-order valence-electron chi connectivity index (χ1n) is 10.9. The third-order valence-electron chi connectivity index (χ3n) is 5.46. The maximum atomic E-state index is 11.8. The molecule has 0 saturated heterocycles. The van der Waals surface area contributed by atoms with Crippen LogP contribution in [0.15, 0.2) is 84.9 Å². The van der Waals surface area contributed by atoms with Gasteiger partial charge in [-0.1, -0.05) is 54.6 Å². The number of nitrogens with zero attached hydrogens (tertiary/aromatic N) is 1. The summed E-state index contributed by atoms with van der Waals surface area (Å²) in [5, 5.41) is 29.9. The van der Waals surface area contributed by atoms with Crippen molar-refractivity contribution in [1.82, 2.24) is 4.40 Å². The molecule has 5 aromatic rings. The number of carbonyl (C=O) groups is 4. The van der Waals surface area contributed by atoms with Gasteiger partial charge in [0.1, 0.15) is 17.7 Å². The van der Waals surface area contributed by atoms with E-state index in [1.165, 1.54) is 0 Å². The maximum absolute atomic E-state index is 11.8. The lowest BCUT2D eigenvalue weighted by Gasteiger charge is -2.03. The molecule has 0 spiro atoms. The molecule has 3 aromatic heterocycles. The van der Waals surface area contributed by atoms with Gasteiger partial charge in [-0.2, -0.15) is 0 Å². The van der Waals surface area contributed by atoms with E-state index in [0.717, 1.165) is 16.8 Å². The largest absolute Gasteiger partial charge is 0.513 e. The summed E-state index contributed by atoms with van der Waals surface area (Å²) in [7, 11) is 0. The Kier molecular flexibility index (Phi) is 7.01. The molecule has 0 atom stereocenters. The zero-order valence-electron chi connectivity index (χ0n) is 19.1. The molecule has 37 heavy (non-hydrogen) atoms. The summed E-state index contributed by atoms with van der Waals surface area (Å²) < 4.78 is 5.59. The predicted octanol–water partition coefficient (Wildman–Crippen LogP) is 4.91. The van der Waals surface area contributed by atoms with Crippen LogP contribution in [0.3, 0.4) is 0 Å². The van der Waals surface area contributed by atoms with Crippen molar-refractivity contribution >= 4 is 46.3 Å². The summed E-state index contributed by atoms with van der Waals surface area (Å²) in [5.74, 6) is -3.31. The monoisotopic (exact) mass is 500 g/mol. The van der Waals surface area contributed by atoms with Crippen LogP contribution in [-0.2, 0) is 9.53 Å². The van der Waals surface area contributed by atoms with Crippen LogP contribution >= 0.6 is 0 Å². The van der Waals surface area contributed by atoms with Crippen molar-refractivity contribution < 1.29 is 39.2 Å². The molecule has 0 aliphatic rings. The number of ether oxygens (including phenoxy) is 1. The lowest BCUT2D eigenvalue weighted by Crippen LogP contribution is -2.19. The minimum Gasteiger partial charge on any atom is -0.478 e. The van der Waals surface area contributed by atoms with E-state index in [0.29, 0.717) is 16.6 Å². The van der Waals surface area contributed by atoms with Crippen molar-refractivity contribution in [2.75, 3.05) is 11.9 Å². The molecule has 0 amide bonds. The fourth-order valence-electron chi connectivity index (χ4n) is 4.04. The van der Waals surface area contributed by atoms with Crippen LogP contribution in [-0.4, -0.2) is 50.3 Å². The highest BCUT2D eigenvalue weighted by atomic mass is 16.7. The molecule has 4 N–H and O–H groups in total. The van der Waals surface area contributed by atoms with Crippen LogP contribution < -0.4 is 5.32 Å². The van der Waals surface area contributed by atoms with Crippen LogP contribution in [0.2, 0.25) is 0 Å². The lowest BCUT2D eigenvalue weighted by atomic mass is 10.0. The smallest absolute Gasteiger partial charge is 0.478 e. The Morgan fingerprint density at radius 2 is 1.38 bits per heavy atom. The molecule has 0 saturated carbocycles. The number of aromatic carboxylic acids is 2. The van der Waals surface area contributed by atoms with Gasteiger partial charge in [-0.3, -0.25) is 0 Å². The van der Waals surface area contributed by atoms with E-state index in [4.69, 9.17) is 5.11 Å². The van der Waals surface area contributed by atoms with Crippen molar-refractivity contribution in [2.45, 2.75) is 0 Å². The number of esters is 1. The molecule has 186 valence electrons. The minimum absolute atomic E-state index is 0.169. The van der Waals surface area contributed by atoms with E-state index in [2.05, 4.69) is 10.1 Å². The van der Waals surface area contributed by atoms with Gasteiger partial charge in [0.15, 0.2) is 0 Å². The summed E-state index contributed by atoms with van der Waals surface area (Å²) >= 11 is 0. The van der Waals surface area contributed by atoms with Crippen LogP contribution in [0.25, 0.3) is 27.7 Å². The van der Waals surface area contributed by atoms with Crippen molar-refractivity contribution in [3.8, 4) is 11.1 Å². The zero-order valence-corrected chi connectivity index (χ0v) is 19.1. The number of carboxylic acid groups (broad SMARTS) is 3. The minimum atomic E-state index is -1.59. The Hall–Kier alpha value is -5.38. The number of pyridine rings is 1. The highest BCUT2D eigenvalue weighted by Gasteiger charge is 2.29. The van der Waals surface area contributed by atoms with E-state index in [9.17, 15) is 29.4 Å². The van der Waals surface area contributed by atoms with Crippen molar-refractivity contribution in [2.24, 2.45) is 0 Å². The van der Waals surface area contributed by atoms with E-state index >= 15 is 0 Å². The Labute approximate surface area is 209 Å². The summed E-state index contributed by atoms with van der Waals surface area (Å²) in [6.45, 7) is -0.170.